The van der Waals surface area contributed by atoms with Crippen LogP contribution in [0.1, 0.15) is 72.1 Å². The second-order valence-electron chi connectivity index (χ2n) is 9.73. The molecule has 2 N–H and O–H groups in total. The minimum Gasteiger partial charge on any atom is -0.477 e. The molecule has 0 amide bonds. The van der Waals surface area contributed by atoms with Gasteiger partial charge in [-0.1, -0.05) is 36.8 Å². The Balaban J connectivity index is 1.43. The van der Waals surface area contributed by atoms with E-state index in [2.05, 4.69) is 47.5 Å². The number of rotatable bonds is 8. The van der Waals surface area contributed by atoms with E-state index in [4.69, 9.17) is 15.5 Å². The average Bonchev–Trinajstić information content (AvgIpc) is 2.78. The number of nitrogens with zero attached hydrogens (tertiary/aromatic N) is 3. The van der Waals surface area contributed by atoms with Gasteiger partial charge in [0, 0.05) is 12.0 Å². The van der Waals surface area contributed by atoms with E-state index in [1.807, 2.05) is 19.1 Å². The molecule has 5 heteroatoms. The van der Waals surface area contributed by atoms with E-state index in [1.165, 1.54) is 41.5 Å². The molecule has 0 saturated heterocycles. The van der Waals surface area contributed by atoms with Gasteiger partial charge >= 0.3 is 0 Å². The molecule has 0 aliphatic heterocycles. The summed E-state index contributed by atoms with van der Waals surface area (Å²) >= 11 is 0. The summed E-state index contributed by atoms with van der Waals surface area (Å²) in [4.78, 5) is 9.34. The lowest BCUT2D eigenvalue weighted by atomic mass is 9.66. The molecule has 2 unspecified atom stereocenters. The van der Waals surface area contributed by atoms with Crippen molar-refractivity contribution >= 4 is 0 Å². The van der Waals surface area contributed by atoms with Crippen LogP contribution in [-0.4, -0.2) is 23.1 Å². The van der Waals surface area contributed by atoms with Crippen LogP contribution >= 0.6 is 0 Å². The zero-order valence-corrected chi connectivity index (χ0v) is 19.8. The molecule has 1 aromatic heterocycles. The Morgan fingerprint density at radius 3 is 2.44 bits per heavy atom. The van der Waals surface area contributed by atoms with Crippen molar-refractivity contribution in [3.63, 3.8) is 0 Å². The van der Waals surface area contributed by atoms with Crippen molar-refractivity contribution in [2.24, 2.45) is 11.7 Å². The third kappa shape index (κ3) is 4.69. The minimum atomic E-state index is 0.303. The topological polar surface area (TPSA) is 84.8 Å². The number of benzene rings is 2. The number of aromatic nitrogens is 2. The normalized spacial score (nSPS) is 19.7. The molecule has 34 heavy (non-hydrogen) atoms. The summed E-state index contributed by atoms with van der Waals surface area (Å²) in [5.74, 6) is 2.75. The maximum absolute atomic E-state index is 9.58. The number of nitrogens with two attached hydrogens (primary N) is 1. The zero-order chi connectivity index (χ0) is 23.5. The first-order valence-electron chi connectivity index (χ1n) is 12.5. The van der Waals surface area contributed by atoms with Crippen molar-refractivity contribution in [3.8, 4) is 23.1 Å². The van der Waals surface area contributed by atoms with Crippen LogP contribution in [0.2, 0.25) is 0 Å². The molecule has 0 radical (unpaired) electrons. The molecule has 2 aliphatic rings. The number of hydrogen-bond acceptors (Lipinski definition) is 5. The number of hydrogen-bond donors (Lipinski definition) is 1. The van der Waals surface area contributed by atoms with E-state index in [0.717, 1.165) is 37.4 Å². The Morgan fingerprint density at radius 2 is 1.79 bits per heavy atom. The zero-order valence-electron chi connectivity index (χ0n) is 19.8. The number of nitriles is 1. The summed E-state index contributed by atoms with van der Waals surface area (Å²) in [6.07, 6.45) is 6.86. The van der Waals surface area contributed by atoms with Gasteiger partial charge in [0.05, 0.1) is 23.9 Å². The first-order chi connectivity index (χ1) is 16.6. The highest BCUT2D eigenvalue weighted by molar-refractivity contribution is 5.70. The molecule has 2 fully saturated rings. The van der Waals surface area contributed by atoms with Crippen molar-refractivity contribution in [2.75, 3.05) is 13.2 Å². The number of ether oxygens (including phenoxy) is 1. The largest absolute Gasteiger partial charge is 0.477 e. The highest BCUT2D eigenvalue weighted by Gasteiger charge is 2.36. The Labute approximate surface area is 202 Å². The predicted molar refractivity (Wildman–Crippen MR) is 134 cm³/mol. The van der Waals surface area contributed by atoms with Crippen molar-refractivity contribution < 1.29 is 4.74 Å². The van der Waals surface area contributed by atoms with E-state index in [-0.39, 0.29) is 0 Å². The molecule has 5 rings (SSSR count). The summed E-state index contributed by atoms with van der Waals surface area (Å²) in [6, 6.07) is 19.1. The molecule has 3 aromatic rings. The molecule has 2 saturated carbocycles. The summed E-state index contributed by atoms with van der Waals surface area (Å²) in [5.41, 5.74) is 12.3. The van der Waals surface area contributed by atoms with Crippen LogP contribution in [0.4, 0.5) is 0 Å². The molecular formula is C29H32N4O. The number of aryl methyl sites for hydroxylation is 1. The van der Waals surface area contributed by atoms with Gasteiger partial charge in [0.15, 0.2) is 0 Å². The lowest BCUT2D eigenvalue weighted by Gasteiger charge is -2.38. The quantitative estimate of drug-likeness (QED) is 0.476. The summed E-state index contributed by atoms with van der Waals surface area (Å²) < 4.78 is 6.05. The van der Waals surface area contributed by atoms with Crippen LogP contribution in [0.15, 0.2) is 48.5 Å². The lowest BCUT2D eigenvalue weighted by Crippen LogP contribution is -2.24. The molecule has 174 valence electrons. The van der Waals surface area contributed by atoms with Gasteiger partial charge < -0.3 is 10.5 Å². The van der Waals surface area contributed by atoms with Crippen LogP contribution in [0.3, 0.4) is 0 Å². The first kappa shape index (κ1) is 22.6. The van der Waals surface area contributed by atoms with Crippen LogP contribution in [0.5, 0.6) is 5.88 Å². The van der Waals surface area contributed by atoms with Crippen LogP contribution < -0.4 is 10.5 Å². The smallest absolute Gasteiger partial charge is 0.216 e. The summed E-state index contributed by atoms with van der Waals surface area (Å²) in [7, 11) is 0. The standard InChI is InChI=1S/C29H32N4O/c1-19-32-28(16-29(33-19)34-18-21-3-2-4-21)26-12-11-25(26)27-15-22(17-31)7-10-24(27)23-8-5-20(6-9-23)13-14-30/h5-10,15-16,21,25-26H,2-4,11-14,18,30H2,1H3. The fourth-order valence-electron chi connectivity index (χ4n) is 5.13. The fourth-order valence-corrected chi connectivity index (χ4v) is 5.13. The molecular weight excluding hydrogens is 420 g/mol. The molecule has 5 nitrogen and oxygen atoms in total. The van der Waals surface area contributed by atoms with Gasteiger partial charge in [-0.25, -0.2) is 4.98 Å². The van der Waals surface area contributed by atoms with Crippen molar-refractivity contribution in [3.05, 3.63) is 76.7 Å². The fraction of sp³-hybridized carbons (Fsp3) is 0.414. The van der Waals surface area contributed by atoms with Gasteiger partial charge in [0.25, 0.3) is 0 Å². The van der Waals surface area contributed by atoms with E-state index in [1.54, 1.807) is 0 Å². The Kier molecular flexibility index (Phi) is 6.60. The third-order valence-electron chi connectivity index (χ3n) is 7.46. The molecule has 2 aliphatic carbocycles. The summed E-state index contributed by atoms with van der Waals surface area (Å²) in [6.45, 7) is 3.34. The van der Waals surface area contributed by atoms with Gasteiger partial charge in [-0.15, -0.1) is 0 Å². The highest BCUT2D eigenvalue weighted by Crippen LogP contribution is 2.51. The monoisotopic (exact) mass is 452 g/mol. The van der Waals surface area contributed by atoms with E-state index in [0.29, 0.717) is 35.7 Å². The van der Waals surface area contributed by atoms with Gasteiger partial charge in [0.1, 0.15) is 5.82 Å². The highest BCUT2D eigenvalue weighted by atomic mass is 16.5. The van der Waals surface area contributed by atoms with Crippen molar-refractivity contribution in [1.29, 1.82) is 5.26 Å². The Morgan fingerprint density at radius 1 is 1.00 bits per heavy atom. The maximum atomic E-state index is 9.58. The first-order valence-corrected chi connectivity index (χ1v) is 12.5. The van der Waals surface area contributed by atoms with Crippen molar-refractivity contribution in [1.82, 2.24) is 9.97 Å². The third-order valence-corrected chi connectivity index (χ3v) is 7.46. The van der Waals surface area contributed by atoms with Crippen molar-refractivity contribution in [2.45, 2.75) is 57.3 Å². The van der Waals surface area contributed by atoms with E-state index >= 15 is 0 Å². The molecule has 1 heterocycles. The van der Waals surface area contributed by atoms with Crippen LogP contribution in [-0.2, 0) is 6.42 Å². The minimum absolute atomic E-state index is 0.303. The lowest BCUT2D eigenvalue weighted by molar-refractivity contribution is 0.174. The summed E-state index contributed by atoms with van der Waals surface area (Å²) in [5, 5.41) is 9.58. The second kappa shape index (κ2) is 9.95. The predicted octanol–water partition coefficient (Wildman–Crippen LogP) is 5.67. The van der Waals surface area contributed by atoms with Gasteiger partial charge in [-0.3, -0.25) is 0 Å². The SMILES string of the molecule is Cc1nc(OCC2CCC2)cc(C2CCC2c2cc(C#N)ccc2-c2ccc(CCN)cc2)n1. The van der Waals surface area contributed by atoms with Crippen LogP contribution in [0.25, 0.3) is 11.1 Å². The van der Waals surface area contributed by atoms with Crippen LogP contribution in [0, 0.1) is 24.2 Å². The van der Waals surface area contributed by atoms with Gasteiger partial charge in [-0.2, -0.15) is 10.2 Å². The molecule has 2 atom stereocenters. The van der Waals surface area contributed by atoms with Gasteiger partial charge in [-0.05, 0) is 91.8 Å². The Bertz CT molecular complexity index is 1190. The average molecular weight is 453 g/mol. The molecule has 0 bridgehead atoms. The van der Waals surface area contributed by atoms with Gasteiger partial charge in [0.2, 0.25) is 5.88 Å². The maximum Gasteiger partial charge on any atom is 0.216 e. The van der Waals surface area contributed by atoms with E-state index in [9.17, 15) is 5.26 Å². The molecule has 2 aromatic carbocycles. The molecule has 0 spiro atoms. The van der Waals surface area contributed by atoms with E-state index < -0.39 is 0 Å². The second-order valence-corrected chi connectivity index (χ2v) is 9.73. The Hall–Kier alpha value is -3.23.